The van der Waals surface area contributed by atoms with Gasteiger partial charge in [0.15, 0.2) is 0 Å². The maximum atomic E-state index is 8.99. The maximum absolute atomic E-state index is 8.99. The highest BCUT2D eigenvalue weighted by molar-refractivity contribution is 9.10. The molecule has 0 amide bonds. The van der Waals surface area contributed by atoms with Crippen LogP contribution in [0, 0.1) is 11.3 Å². The normalized spacial score (nSPS) is 10.3. The Morgan fingerprint density at radius 1 is 0.905 bits per heavy atom. The van der Waals surface area contributed by atoms with Crippen LogP contribution in [0.3, 0.4) is 0 Å². The van der Waals surface area contributed by atoms with Crippen LogP contribution in [0.15, 0.2) is 59.1 Å². The number of anilines is 1. The molecular weight excluding hydrogens is 328 g/mol. The highest BCUT2D eigenvalue weighted by Gasteiger charge is 2.04. The highest BCUT2D eigenvalue weighted by Crippen LogP contribution is 2.28. The average molecular weight is 339 g/mol. The number of hydrogen-bond acceptors (Lipinski definition) is 3. The molecule has 0 unspecified atom stereocenters. The van der Waals surface area contributed by atoms with E-state index in [2.05, 4.69) is 22.0 Å². The fourth-order valence-corrected chi connectivity index (χ4v) is 2.47. The second kappa shape index (κ2) is 5.47. The molecule has 0 aliphatic heterocycles. The topological polar surface area (TPSA) is 59.0 Å². The molecule has 0 fully saturated rings. The zero-order chi connectivity index (χ0) is 14.8. The molecule has 0 aromatic heterocycles. The molecule has 0 bridgehead atoms. The SMILES string of the molecule is N#Cc1cc(Oc2ccc3cc(Br)ccc3c2)ccc1N. The zero-order valence-electron chi connectivity index (χ0n) is 11.0. The van der Waals surface area contributed by atoms with Crippen molar-refractivity contribution in [3.63, 3.8) is 0 Å². The molecule has 3 aromatic rings. The molecule has 4 heteroatoms. The summed E-state index contributed by atoms with van der Waals surface area (Å²) in [5, 5.41) is 11.2. The summed E-state index contributed by atoms with van der Waals surface area (Å²) in [7, 11) is 0. The number of nitrogens with zero attached hydrogens (tertiary/aromatic N) is 1. The molecular formula is C17H11BrN2O. The van der Waals surface area contributed by atoms with Gasteiger partial charge in [-0.15, -0.1) is 0 Å². The fourth-order valence-electron chi connectivity index (χ4n) is 2.09. The summed E-state index contributed by atoms with van der Waals surface area (Å²) in [5.74, 6) is 1.32. The van der Waals surface area contributed by atoms with Crippen LogP contribution < -0.4 is 10.5 Å². The Morgan fingerprint density at radius 2 is 1.57 bits per heavy atom. The lowest BCUT2D eigenvalue weighted by Crippen LogP contribution is -1.91. The second-order valence-corrected chi connectivity index (χ2v) is 5.53. The number of ether oxygens (including phenoxy) is 1. The average Bonchev–Trinajstić information content (AvgIpc) is 2.49. The van der Waals surface area contributed by atoms with Gasteiger partial charge in [-0.05, 0) is 47.2 Å². The highest BCUT2D eigenvalue weighted by atomic mass is 79.9. The van der Waals surface area contributed by atoms with Gasteiger partial charge < -0.3 is 10.5 Å². The molecule has 0 atom stereocenters. The van der Waals surface area contributed by atoms with Crippen LogP contribution in [0.4, 0.5) is 5.69 Å². The first kappa shape index (κ1) is 13.5. The van der Waals surface area contributed by atoms with Gasteiger partial charge in [-0.25, -0.2) is 0 Å². The first-order valence-electron chi connectivity index (χ1n) is 6.32. The van der Waals surface area contributed by atoms with E-state index in [1.807, 2.05) is 36.4 Å². The molecule has 0 aliphatic rings. The fraction of sp³-hybridized carbons (Fsp3) is 0. The number of fused-ring (bicyclic) bond motifs is 1. The van der Waals surface area contributed by atoms with E-state index in [9.17, 15) is 0 Å². The monoisotopic (exact) mass is 338 g/mol. The quantitative estimate of drug-likeness (QED) is 0.679. The Labute approximate surface area is 130 Å². The number of hydrogen-bond donors (Lipinski definition) is 1. The predicted molar refractivity (Wildman–Crippen MR) is 87.3 cm³/mol. The van der Waals surface area contributed by atoms with Gasteiger partial charge in [0.1, 0.15) is 17.6 Å². The smallest absolute Gasteiger partial charge is 0.128 e. The molecule has 0 saturated heterocycles. The van der Waals surface area contributed by atoms with E-state index in [0.717, 1.165) is 21.0 Å². The molecule has 3 nitrogen and oxygen atoms in total. The van der Waals surface area contributed by atoms with Gasteiger partial charge in [0.2, 0.25) is 0 Å². The predicted octanol–water partition coefficient (Wildman–Crippen LogP) is 4.85. The second-order valence-electron chi connectivity index (χ2n) is 4.62. The molecule has 3 rings (SSSR count). The van der Waals surface area contributed by atoms with Gasteiger partial charge in [0.05, 0.1) is 5.56 Å². The third-order valence-electron chi connectivity index (χ3n) is 3.15. The number of nitriles is 1. The van der Waals surface area contributed by atoms with Gasteiger partial charge in [-0.3, -0.25) is 0 Å². The largest absolute Gasteiger partial charge is 0.457 e. The molecule has 0 radical (unpaired) electrons. The molecule has 21 heavy (non-hydrogen) atoms. The van der Waals surface area contributed by atoms with E-state index < -0.39 is 0 Å². The van der Waals surface area contributed by atoms with Crippen molar-refractivity contribution in [2.45, 2.75) is 0 Å². The summed E-state index contributed by atoms with van der Waals surface area (Å²) < 4.78 is 6.84. The van der Waals surface area contributed by atoms with Crippen LogP contribution >= 0.6 is 15.9 Å². The minimum absolute atomic E-state index is 0.414. The van der Waals surface area contributed by atoms with E-state index >= 15 is 0 Å². The Morgan fingerprint density at radius 3 is 2.38 bits per heavy atom. The molecule has 3 aromatic carbocycles. The van der Waals surface area contributed by atoms with Crippen molar-refractivity contribution < 1.29 is 4.74 Å². The zero-order valence-corrected chi connectivity index (χ0v) is 12.6. The summed E-state index contributed by atoms with van der Waals surface area (Å²) >= 11 is 3.45. The van der Waals surface area contributed by atoms with Gasteiger partial charge in [-0.1, -0.05) is 28.1 Å². The summed E-state index contributed by atoms with van der Waals surface area (Å²) in [6.07, 6.45) is 0. The van der Waals surface area contributed by atoms with Crippen LogP contribution in [0.2, 0.25) is 0 Å². The lowest BCUT2D eigenvalue weighted by Gasteiger charge is -2.08. The van der Waals surface area contributed by atoms with Crippen molar-refractivity contribution >= 4 is 32.4 Å². The Bertz CT molecular complexity index is 868. The van der Waals surface area contributed by atoms with Crippen LogP contribution in [0.25, 0.3) is 10.8 Å². The van der Waals surface area contributed by atoms with Crippen molar-refractivity contribution in [2.24, 2.45) is 0 Å². The number of nitrogen functional groups attached to an aromatic ring is 1. The lowest BCUT2D eigenvalue weighted by atomic mass is 10.1. The molecule has 102 valence electrons. The first-order chi connectivity index (χ1) is 10.2. The molecule has 0 spiro atoms. The van der Waals surface area contributed by atoms with Crippen molar-refractivity contribution in [3.05, 3.63) is 64.6 Å². The number of rotatable bonds is 2. The standard InChI is InChI=1S/C17H11BrN2O/c18-14-3-1-12-8-15(4-2-11(12)7-14)21-16-5-6-17(20)13(9-16)10-19/h1-9H,20H2. The van der Waals surface area contributed by atoms with Crippen molar-refractivity contribution in [1.29, 1.82) is 5.26 Å². The van der Waals surface area contributed by atoms with Gasteiger partial charge >= 0.3 is 0 Å². The minimum Gasteiger partial charge on any atom is -0.457 e. The molecule has 2 N–H and O–H groups in total. The number of halogens is 1. The van der Waals surface area contributed by atoms with E-state index in [4.69, 9.17) is 15.7 Å². The molecule has 0 saturated carbocycles. The lowest BCUT2D eigenvalue weighted by molar-refractivity contribution is 0.483. The van der Waals surface area contributed by atoms with E-state index in [1.165, 1.54) is 0 Å². The van der Waals surface area contributed by atoms with Crippen molar-refractivity contribution in [2.75, 3.05) is 5.73 Å². The maximum Gasteiger partial charge on any atom is 0.128 e. The first-order valence-corrected chi connectivity index (χ1v) is 7.12. The van der Waals surface area contributed by atoms with Crippen LogP contribution in [-0.4, -0.2) is 0 Å². The van der Waals surface area contributed by atoms with Crippen LogP contribution in [0.1, 0.15) is 5.56 Å². The summed E-state index contributed by atoms with van der Waals surface area (Å²) in [6, 6.07) is 19.0. The van der Waals surface area contributed by atoms with Crippen LogP contribution in [0.5, 0.6) is 11.5 Å². The third-order valence-corrected chi connectivity index (χ3v) is 3.65. The molecule has 0 heterocycles. The Kier molecular flexibility index (Phi) is 3.51. The van der Waals surface area contributed by atoms with Gasteiger partial charge in [0, 0.05) is 16.2 Å². The number of benzene rings is 3. The summed E-state index contributed by atoms with van der Waals surface area (Å²) in [6.45, 7) is 0. The molecule has 0 aliphatic carbocycles. The van der Waals surface area contributed by atoms with E-state index in [0.29, 0.717) is 17.0 Å². The van der Waals surface area contributed by atoms with E-state index in [1.54, 1.807) is 18.2 Å². The van der Waals surface area contributed by atoms with Crippen molar-refractivity contribution in [3.8, 4) is 17.6 Å². The van der Waals surface area contributed by atoms with Crippen molar-refractivity contribution in [1.82, 2.24) is 0 Å². The third kappa shape index (κ3) is 2.83. The number of nitrogens with two attached hydrogens (primary N) is 1. The Balaban J connectivity index is 1.95. The Hall–Kier alpha value is -2.51. The summed E-state index contributed by atoms with van der Waals surface area (Å²) in [5.41, 5.74) is 6.57. The van der Waals surface area contributed by atoms with Crippen LogP contribution in [-0.2, 0) is 0 Å². The van der Waals surface area contributed by atoms with Gasteiger partial charge in [-0.2, -0.15) is 5.26 Å². The van der Waals surface area contributed by atoms with E-state index in [-0.39, 0.29) is 0 Å². The minimum atomic E-state index is 0.414. The van der Waals surface area contributed by atoms with Gasteiger partial charge in [0.25, 0.3) is 0 Å². The summed E-state index contributed by atoms with van der Waals surface area (Å²) in [4.78, 5) is 0.